The Bertz CT molecular complexity index is 604. The fraction of sp³-hybridized carbons (Fsp3) is 0.0833. The minimum atomic E-state index is -0.548. The number of hydrogen-bond acceptors (Lipinski definition) is 4. The molecule has 0 amide bonds. The van der Waals surface area contributed by atoms with E-state index < -0.39 is 4.92 Å². The molecule has 0 aliphatic heterocycles. The van der Waals surface area contributed by atoms with Crippen LogP contribution in [-0.4, -0.2) is 9.91 Å². The molecule has 0 aliphatic rings. The predicted molar refractivity (Wildman–Crippen MR) is 75.0 cm³/mol. The number of benzene rings is 1. The lowest BCUT2D eigenvalue weighted by atomic mass is 10.3. The zero-order valence-corrected chi connectivity index (χ0v) is 11.9. The third-order valence-corrected chi connectivity index (χ3v) is 3.25. The van der Waals surface area contributed by atoms with E-state index in [0.29, 0.717) is 5.33 Å². The molecule has 0 saturated carbocycles. The van der Waals surface area contributed by atoms with Crippen LogP contribution in [0.3, 0.4) is 0 Å². The monoisotopic (exact) mass is 342 g/mol. The molecular formula is C12H8BrClN2O3. The van der Waals surface area contributed by atoms with Crippen molar-refractivity contribution < 1.29 is 9.66 Å². The number of pyridine rings is 1. The Morgan fingerprint density at radius 1 is 1.37 bits per heavy atom. The standard InChI is InChI=1S/C12H8BrClN2O3/c13-6-8-4-5-11(15-7-8)19-12-9(14)2-1-3-10(12)16(17)18/h1-5,7H,6H2. The number of rotatable bonds is 4. The van der Waals surface area contributed by atoms with Crippen LogP contribution in [0, 0.1) is 10.1 Å². The average molecular weight is 344 g/mol. The minimum Gasteiger partial charge on any atom is -0.430 e. The molecule has 1 heterocycles. The Morgan fingerprint density at radius 3 is 2.74 bits per heavy atom. The highest BCUT2D eigenvalue weighted by Gasteiger charge is 2.19. The van der Waals surface area contributed by atoms with Crippen molar-refractivity contribution in [3.63, 3.8) is 0 Å². The predicted octanol–water partition coefficient (Wildman–Crippen LogP) is 4.33. The zero-order chi connectivity index (χ0) is 13.8. The molecule has 0 radical (unpaired) electrons. The van der Waals surface area contributed by atoms with Crippen LogP contribution in [0.15, 0.2) is 36.5 Å². The summed E-state index contributed by atoms with van der Waals surface area (Å²) in [5, 5.41) is 11.7. The summed E-state index contributed by atoms with van der Waals surface area (Å²) in [4.78, 5) is 14.4. The number of nitro benzene ring substituents is 1. The van der Waals surface area contributed by atoms with Gasteiger partial charge in [-0.25, -0.2) is 4.98 Å². The van der Waals surface area contributed by atoms with Gasteiger partial charge in [0, 0.05) is 23.7 Å². The summed E-state index contributed by atoms with van der Waals surface area (Å²) in [5.74, 6) is 0.245. The van der Waals surface area contributed by atoms with E-state index in [2.05, 4.69) is 20.9 Å². The second-order valence-corrected chi connectivity index (χ2v) is 4.55. The molecule has 0 N–H and O–H groups in total. The summed E-state index contributed by atoms with van der Waals surface area (Å²) >= 11 is 9.22. The SMILES string of the molecule is O=[N+]([O-])c1cccc(Cl)c1Oc1ccc(CBr)cn1. The molecule has 0 fully saturated rings. The van der Waals surface area contributed by atoms with Crippen molar-refractivity contribution in [3.05, 3.63) is 57.2 Å². The maximum Gasteiger partial charge on any atom is 0.313 e. The second-order valence-electron chi connectivity index (χ2n) is 3.59. The van der Waals surface area contributed by atoms with Crippen LogP contribution in [0.4, 0.5) is 5.69 Å². The first-order valence-corrected chi connectivity index (χ1v) is 6.73. The van der Waals surface area contributed by atoms with Gasteiger partial charge in [0.05, 0.1) is 9.95 Å². The fourth-order valence-corrected chi connectivity index (χ4v) is 1.94. The van der Waals surface area contributed by atoms with Gasteiger partial charge >= 0.3 is 5.69 Å². The van der Waals surface area contributed by atoms with Gasteiger partial charge in [-0.1, -0.05) is 39.7 Å². The Hall–Kier alpha value is -1.66. The van der Waals surface area contributed by atoms with E-state index in [4.69, 9.17) is 16.3 Å². The second kappa shape index (κ2) is 5.99. The van der Waals surface area contributed by atoms with Crippen LogP contribution in [0.5, 0.6) is 11.6 Å². The molecule has 0 unspecified atom stereocenters. The van der Waals surface area contributed by atoms with Crippen molar-refractivity contribution in [3.8, 4) is 11.6 Å². The quantitative estimate of drug-likeness (QED) is 0.471. The fourth-order valence-electron chi connectivity index (χ4n) is 1.40. The van der Waals surface area contributed by atoms with Crippen LogP contribution in [-0.2, 0) is 5.33 Å². The highest BCUT2D eigenvalue weighted by molar-refractivity contribution is 9.08. The van der Waals surface area contributed by atoms with Gasteiger partial charge in [-0.15, -0.1) is 0 Å². The van der Waals surface area contributed by atoms with Gasteiger partial charge in [0.1, 0.15) is 0 Å². The number of hydrogen-bond donors (Lipinski definition) is 0. The molecule has 2 aromatic rings. The summed E-state index contributed by atoms with van der Waals surface area (Å²) in [6, 6.07) is 7.78. The van der Waals surface area contributed by atoms with Crippen LogP contribution in [0.1, 0.15) is 5.56 Å². The molecule has 0 saturated heterocycles. The van der Waals surface area contributed by atoms with Gasteiger partial charge in [0.25, 0.3) is 0 Å². The summed E-state index contributed by atoms with van der Waals surface area (Å²) in [5.41, 5.74) is 0.778. The molecule has 0 atom stereocenters. The molecule has 0 spiro atoms. The van der Waals surface area contributed by atoms with Crippen molar-refractivity contribution in [2.75, 3.05) is 0 Å². The van der Waals surface area contributed by atoms with E-state index in [1.54, 1.807) is 18.3 Å². The van der Waals surface area contributed by atoms with Gasteiger partial charge in [-0.3, -0.25) is 10.1 Å². The first-order chi connectivity index (χ1) is 9.11. The van der Waals surface area contributed by atoms with Crippen LogP contribution < -0.4 is 4.74 Å². The smallest absolute Gasteiger partial charge is 0.313 e. The van der Waals surface area contributed by atoms with E-state index in [-0.39, 0.29) is 22.3 Å². The van der Waals surface area contributed by atoms with Crippen molar-refractivity contribution in [2.45, 2.75) is 5.33 Å². The molecule has 19 heavy (non-hydrogen) atoms. The largest absolute Gasteiger partial charge is 0.430 e. The number of aromatic nitrogens is 1. The first kappa shape index (κ1) is 13.8. The highest BCUT2D eigenvalue weighted by atomic mass is 79.9. The summed E-state index contributed by atoms with van der Waals surface area (Å²) in [7, 11) is 0. The number of ether oxygens (including phenoxy) is 1. The number of alkyl halides is 1. The molecule has 0 aliphatic carbocycles. The Kier molecular flexibility index (Phi) is 4.34. The van der Waals surface area contributed by atoms with Gasteiger partial charge in [-0.05, 0) is 11.6 Å². The maximum atomic E-state index is 10.9. The van der Waals surface area contributed by atoms with Gasteiger partial charge in [0.15, 0.2) is 0 Å². The normalized spacial score (nSPS) is 10.2. The lowest BCUT2D eigenvalue weighted by Gasteiger charge is -2.07. The Morgan fingerprint density at radius 2 is 2.16 bits per heavy atom. The number of nitro groups is 1. The van der Waals surface area contributed by atoms with E-state index in [1.165, 1.54) is 18.2 Å². The Balaban J connectivity index is 2.34. The van der Waals surface area contributed by atoms with E-state index in [0.717, 1.165) is 5.56 Å². The molecule has 98 valence electrons. The topological polar surface area (TPSA) is 65.3 Å². The van der Waals surface area contributed by atoms with Crippen molar-refractivity contribution in [1.82, 2.24) is 4.98 Å². The third kappa shape index (κ3) is 3.21. The minimum absolute atomic E-state index is 0.00624. The lowest BCUT2D eigenvalue weighted by molar-refractivity contribution is -0.385. The first-order valence-electron chi connectivity index (χ1n) is 5.23. The van der Waals surface area contributed by atoms with Gasteiger partial charge in [-0.2, -0.15) is 0 Å². The summed E-state index contributed by atoms with van der Waals surface area (Å²) in [6.07, 6.45) is 1.62. The van der Waals surface area contributed by atoms with Gasteiger partial charge < -0.3 is 4.74 Å². The van der Waals surface area contributed by atoms with E-state index >= 15 is 0 Å². The summed E-state index contributed by atoms with van der Waals surface area (Å²) < 4.78 is 5.40. The van der Waals surface area contributed by atoms with Crippen molar-refractivity contribution in [1.29, 1.82) is 0 Å². The molecule has 0 bridgehead atoms. The molecule has 1 aromatic heterocycles. The highest BCUT2D eigenvalue weighted by Crippen LogP contribution is 2.37. The molecule has 1 aromatic carbocycles. The van der Waals surface area contributed by atoms with E-state index in [9.17, 15) is 10.1 Å². The lowest BCUT2D eigenvalue weighted by Crippen LogP contribution is -1.95. The van der Waals surface area contributed by atoms with Crippen molar-refractivity contribution >= 4 is 33.2 Å². The zero-order valence-electron chi connectivity index (χ0n) is 9.55. The van der Waals surface area contributed by atoms with Crippen LogP contribution >= 0.6 is 27.5 Å². The Labute approximate surface area is 122 Å². The maximum absolute atomic E-state index is 10.9. The number of para-hydroxylation sites is 1. The third-order valence-electron chi connectivity index (χ3n) is 2.30. The molecule has 7 heteroatoms. The van der Waals surface area contributed by atoms with Crippen LogP contribution in [0.25, 0.3) is 0 Å². The number of nitrogens with zero attached hydrogens (tertiary/aromatic N) is 2. The summed E-state index contributed by atoms with van der Waals surface area (Å²) in [6.45, 7) is 0. The molecule has 2 rings (SSSR count). The molecule has 5 nitrogen and oxygen atoms in total. The number of halogens is 2. The van der Waals surface area contributed by atoms with Crippen LogP contribution in [0.2, 0.25) is 5.02 Å². The van der Waals surface area contributed by atoms with Gasteiger partial charge in [0.2, 0.25) is 11.6 Å². The average Bonchev–Trinajstić information content (AvgIpc) is 2.41. The van der Waals surface area contributed by atoms with E-state index in [1.807, 2.05) is 0 Å². The molecular weight excluding hydrogens is 336 g/mol. The van der Waals surface area contributed by atoms with Crippen molar-refractivity contribution in [2.24, 2.45) is 0 Å².